The molecule has 0 bridgehead atoms. The van der Waals surface area contributed by atoms with Gasteiger partial charge in [0, 0.05) is 20.6 Å². The molecule has 6 nitrogen and oxygen atoms in total. The van der Waals surface area contributed by atoms with Crippen LogP contribution in [0.1, 0.15) is 12.8 Å². The maximum atomic E-state index is 12.7. The lowest BCUT2D eigenvalue weighted by atomic mass is 10.2. The average molecular weight is 280 g/mol. The number of likely N-dealkylation sites (tertiary alicyclic amines) is 1. The maximum absolute atomic E-state index is 12.7. The number of halogens is 1. The summed E-state index contributed by atoms with van der Waals surface area (Å²) in [5, 5.41) is 2.57. The molecule has 3 amide bonds. The van der Waals surface area contributed by atoms with Gasteiger partial charge in [0.1, 0.15) is 17.7 Å². The second-order valence-corrected chi connectivity index (χ2v) is 4.88. The van der Waals surface area contributed by atoms with Crippen LogP contribution in [-0.4, -0.2) is 53.4 Å². The molecule has 0 saturated carbocycles. The molecule has 2 heterocycles. The summed E-state index contributed by atoms with van der Waals surface area (Å²) in [5.74, 6) is -0.297. The lowest BCUT2D eigenvalue weighted by Crippen LogP contribution is -2.47. The van der Waals surface area contributed by atoms with Crippen molar-refractivity contribution >= 4 is 17.8 Å². The van der Waals surface area contributed by atoms with Crippen LogP contribution in [0.25, 0.3) is 0 Å². The fourth-order valence-corrected chi connectivity index (χ4v) is 2.20. The number of carbonyl (C=O) groups is 2. The van der Waals surface area contributed by atoms with Gasteiger partial charge in [-0.25, -0.2) is 14.2 Å². The van der Waals surface area contributed by atoms with Gasteiger partial charge in [0.25, 0.3) is 0 Å². The third-order valence-electron chi connectivity index (χ3n) is 3.20. The first-order valence-corrected chi connectivity index (χ1v) is 6.39. The number of likely N-dealkylation sites (N-methyl/N-ethyl adjacent to an activating group) is 1. The topological polar surface area (TPSA) is 65.5 Å². The van der Waals surface area contributed by atoms with E-state index in [1.54, 1.807) is 14.1 Å². The molecule has 1 aliphatic rings. The van der Waals surface area contributed by atoms with E-state index in [-0.39, 0.29) is 17.8 Å². The summed E-state index contributed by atoms with van der Waals surface area (Å²) in [4.78, 5) is 30.9. The van der Waals surface area contributed by atoms with Crippen LogP contribution in [0.4, 0.5) is 15.0 Å². The van der Waals surface area contributed by atoms with Gasteiger partial charge < -0.3 is 9.80 Å². The van der Waals surface area contributed by atoms with Gasteiger partial charge in [-0.2, -0.15) is 0 Å². The average Bonchev–Trinajstić information content (AvgIpc) is 2.89. The molecule has 1 N–H and O–H groups in total. The molecule has 1 aliphatic heterocycles. The van der Waals surface area contributed by atoms with E-state index in [1.165, 1.54) is 21.9 Å². The molecule has 20 heavy (non-hydrogen) atoms. The van der Waals surface area contributed by atoms with Crippen molar-refractivity contribution in [2.24, 2.45) is 0 Å². The van der Waals surface area contributed by atoms with Crippen molar-refractivity contribution in [1.29, 1.82) is 0 Å². The van der Waals surface area contributed by atoms with Crippen LogP contribution in [-0.2, 0) is 4.79 Å². The molecular weight excluding hydrogens is 263 g/mol. The van der Waals surface area contributed by atoms with Gasteiger partial charge in [-0.1, -0.05) is 0 Å². The quantitative estimate of drug-likeness (QED) is 0.888. The maximum Gasteiger partial charge on any atom is 0.323 e. The van der Waals surface area contributed by atoms with Gasteiger partial charge in [0.05, 0.1) is 6.20 Å². The highest BCUT2D eigenvalue weighted by atomic mass is 19.1. The van der Waals surface area contributed by atoms with Gasteiger partial charge in [-0.05, 0) is 25.0 Å². The lowest BCUT2D eigenvalue weighted by Gasteiger charge is -2.26. The van der Waals surface area contributed by atoms with E-state index in [0.717, 1.165) is 12.6 Å². The van der Waals surface area contributed by atoms with Crippen molar-refractivity contribution in [3.05, 3.63) is 24.1 Å². The Balaban J connectivity index is 2.04. The highest BCUT2D eigenvalue weighted by molar-refractivity contribution is 5.93. The molecule has 1 fully saturated rings. The molecule has 0 aromatic carbocycles. The number of nitrogens with zero attached hydrogens (tertiary/aromatic N) is 3. The normalized spacial score (nSPS) is 17.9. The SMILES string of the molecule is CN(C)C(=O)[C@H]1CCCN1C(=O)Nc1ccc(F)cn1. The standard InChI is InChI=1S/C13H17FN4O2/c1-17(2)12(19)10-4-3-7-18(10)13(20)16-11-6-5-9(14)8-15-11/h5-6,8,10H,3-4,7H2,1-2H3,(H,15,16,20)/t10-/m1/s1. The number of urea groups is 1. The fraction of sp³-hybridized carbons (Fsp3) is 0.462. The summed E-state index contributed by atoms with van der Waals surface area (Å²) in [7, 11) is 3.33. The zero-order valence-electron chi connectivity index (χ0n) is 11.5. The predicted molar refractivity (Wildman–Crippen MR) is 71.6 cm³/mol. The zero-order valence-corrected chi connectivity index (χ0v) is 11.5. The lowest BCUT2D eigenvalue weighted by molar-refractivity contribution is -0.132. The largest absolute Gasteiger partial charge is 0.347 e. The molecule has 1 atom stereocenters. The first kappa shape index (κ1) is 14.2. The number of rotatable bonds is 2. The Bertz CT molecular complexity index is 504. The Morgan fingerprint density at radius 3 is 2.80 bits per heavy atom. The van der Waals surface area contributed by atoms with Crippen LogP contribution in [0.15, 0.2) is 18.3 Å². The third-order valence-corrected chi connectivity index (χ3v) is 3.20. The van der Waals surface area contributed by atoms with Crippen molar-refractivity contribution in [3.8, 4) is 0 Å². The molecule has 2 rings (SSSR count). The molecule has 1 aromatic rings. The van der Waals surface area contributed by atoms with E-state index in [9.17, 15) is 14.0 Å². The highest BCUT2D eigenvalue weighted by Crippen LogP contribution is 2.20. The van der Waals surface area contributed by atoms with Gasteiger partial charge in [0.15, 0.2) is 0 Å². The summed E-state index contributed by atoms with van der Waals surface area (Å²) in [6.07, 6.45) is 2.47. The van der Waals surface area contributed by atoms with Crippen LogP contribution in [0, 0.1) is 5.82 Å². The first-order valence-electron chi connectivity index (χ1n) is 6.39. The van der Waals surface area contributed by atoms with E-state index < -0.39 is 11.9 Å². The van der Waals surface area contributed by atoms with Gasteiger partial charge in [-0.15, -0.1) is 0 Å². The van der Waals surface area contributed by atoms with E-state index in [4.69, 9.17) is 0 Å². The van der Waals surface area contributed by atoms with E-state index >= 15 is 0 Å². The summed E-state index contributed by atoms with van der Waals surface area (Å²) in [5.41, 5.74) is 0. The minimum absolute atomic E-state index is 0.0929. The van der Waals surface area contributed by atoms with Crippen LogP contribution < -0.4 is 5.32 Å². The number of pyridine rings is 1. The minimum atomic E-state index is -0.468. The summed E-state index contributed by atoms with van der Waals surface area (Å²) in [6, 6.07) is 1.77. The number of hydrogen-bond acceptors (Lipinski definition) is 3. The summed E-state index contributed by atoms with van der Waals surface area (Å²) >= 11 is 0. The number of anilines is 1. The molecule has 0 aliphatic carbocycles. The first-order chi connectivity index (χ1) is 9.49. The van der Waals surface area contributed by atoms with Crippen molar-refractivity contribution in [2.45, 2.75) is 18.9 Å². The van der Waals surface area contributed by atoms with E-state index in [1.807, 2.05) is 0 Å². The second-order valence-electron chi connectivity index (χ2n) is 4.88. The summed E-state index contributed by atoms with van der Waals surface area (Å²) < 4.78 is 12.7. The van der Waals surface area contributed by atoms with Crippen LogP contribution >= 0.6 is 0 Å². The number of nitrogens with one attached hydrogen (secondary N) is 1. The zero-order chi connectivity index (χ0) is 14.7. The molecule has 1 saturated heterocycles. The summed E-state index contributed by atoms with van der Waals surface area (Å²) in [6.45, 7) is 0.525. The molecule has 0 unspecified atom stereocenters. The van der Waals surface area contributed by atoms with Crippen LogP contribution in [0.2, 0.25) is 0 Å². The molecule has 0 spiro atoms. The van der Waals surface area contributed by atoms with Crippen molar-refractivity contribution in [1.82, 2.24) is 14.8 Å². The van der Waals surface area contributed by atoms with Crippen LogP contribution in [0.5, 0.6) is 0 Å². The van der Waals surface area contributed by atoms with Crippen LogP contribution in [0.3, 0.4) is 0 Å². The Hall–Kier alpha value is -2.18. The third kappa shape index (κ3) is 3.04. The Labute approximate surface area is 116 Å². The second kappa shape index (κ2) is 5.85. The molecule has 0 radical (unpaired) electrons. The number of hydrogen-bond donors (Lipinski definition) is 1. The number of amides is 3. The van der Waals surface area contributed by atoms with E-state index in [0.29, 0.717) is 13.0 Å². The Kier molecular flexibility index (Phi) is 4.16. The number of carbonyl (C=O) groups excluding carboxylic acids is 2. The fourth-order valence-electron chi connectivity index (χ4n) is 2.20. The van der Waals surface area contributed by atoms with Crippen molar-refractivity contribution in [3.63, 3.8) is 0 Å². The smallest absolute Gasteiger partial charge is 0.323 e. The molecule has 108 valence electrons. The predicted octanol–water partition coefficient (Wildman–Crippen LogP) is 1.31. The molecular formula is C13H17FN4O2. The Morgan fingerprint density at radius 2 is 2.20 bits per heavy atom. The van der Waals surface area contributed by atoms with Gasteiger partial charge in [-0.3, -0.25) is 10.1 Å². The van der Waals surface area contributed by atoms with E-state index in [2.05, 4.69) is 10.3 Å². The minimum Gasteiger partial charge on any atom is -0.347 e. The molecule has 7 heteroatoms. The molecule has 1 aromatic heterocycles. The highest BCUT2D eigenvalue weighted by Gasteiger charge is 2.35. The van der Waals surface area contributed by atoms with Gasteiger partial charge >= 0.3 is 6.03 Å². The Morgan fingerprint density at radius 1 is 1.45 bits per heavy atom. The monoisotopic (exact) mass is 280 g/mol. The number of aromatic nitrogens is 1. The van der Waals surface area contributed by atoms with Crippen molar-refractivity contribution in [2.75, 3.05) is 26.0 Å². The van der Waals surface area contributed by atoms with Gasteiger partial charge in [0.2, 0.25) is 5.91 Å². The van der Waals surface area contributed by atoms with Crippen molar-refractivity contribution < 1.29 is 14.0 Å².